The van der Waals surface area contributed by atoms with E-state index in [0.29, 0.717) is 30.8 Å². The summed E-state index contributed by atoms with van der Waals surface area (Å²) >= 11 is 0. The van der Waals surface area contributed by atoms with Crippen molar-refractivity contribution >= 4 is 11.9 Å². The van der Waals surface area contributed by atoms with Crippen molar-refractivity contribution in [3.8, 4) is 5.75 Å². The fourth-order valence-corrected chi connectivity index (χ4v) is 5.04. The first-order valence-corrected chi connectivity index (χ1v) is 12.6. The molecule has 1 saturated carbocycles. The number of fused-ring (bicyclic) bond motifs is 1. The van der Waals surface area contributed by atoms with Gasteiger partial charge in [0, 0.05) is 18.5 Å². The first-order valence-electron chi connectivity index (χ1n) is 12.6. The van der Waals surface area contributed by atoms with Crippen LogP contribution in [0.15, 0.2) is 72.8 Å². The first-order chi connectivity index (χ1) is 17.9. The van der Waals surface area contributed by atoms with Crippen LogP contribution in [0.4, 0.5) is 0 Å². The smallest absolute Gasteiger partial charge is 0.326 e. The maximum atomic E-state index is 13.9. The molecule has 0 bridgehead atoms. The number of nitrogens with zero attached hydrogens (tertiary/aromatic N) is 1. The van der Waals surface area contributed by atoms with Gasteiger partial charge in [-0.1, -0.05) is 72.8 Å². The number of carbonyl (C=O) groups excluding carboxylic acids is 1. The lowest BCUT2D eigenvalue weighted by Crippen LogP contribution is -2.51. The van der Waals surface area contributed by atoms with Crippen LogP contribution in [0.25, 0.3) is 0 Å². The summed E-state index contributed by atoms with van der Waals surface area (Å²) in [7, 11) is 0. The Morgan fingerprint density at radius 2 is 1.68 bits per heavy atom. The fourth-order valence-electron chi connectivity index (χ4n) is 5.04. The van der Waals surface area contributed by atoms with E-state index >= 15 is 0 Å². The zero-order chi connectivity index (χ0) is 25.9. The SMILES string of the molecule is Cc1ccc2c(c1OCc1ccccc1)C[C@@H](C(=O)O)N(C(=O)[C@@H](OC1CC(O)C1)c1ccccc1)C2. The Labute approximate surface area is 216 Å². The molecule has 0 unspecified atom stereocenters. The molecule has 37 heavy (non-hydrogen) atoms. The van der Waals surface area contributed by atoms with Crippen LogP contribution in [-0.2, 0) is 33.9 Å². The number of carboxylic acid groups (broad SMARTS) is 1. The summed E-state index contributed by atoms with van der Waals surface area (Å²) in [6.07, 6.45) is -0.549. The lowest BCUT2D eigenvalue weighted by Gasteiger charge is -2.39. The molecule has 1 fully saturated rings. The van der Waals surface area contributed by atoms with Gasteiger partial charge in [-0.25, -0.2) is 4.79 Å². The number of aliphatic hydroxyl groups is 1. The molecule has 0 spiro atoms. The molecule has 3 aromatic carbocycles. The van der Waals surface area contributed by atoms with E-state index in [0.717, 1.165) is 22.3 Å². The summed E-state index contributed by atoms with van der Waals surface area (Å²) in [5.41, 5.74) is 4.30. The molecule has 0 radical (unpaired) electrons. The number of hydrogen-bond acceptors (Lipinski definition) is 5. The van der Waals surface area contributed by atoms with E-state index in [1.54, 1.807) is 0 Å². The molecule has 192 valence electrons. The minimum absolute atomic E-state index is 0.145. The highest BCUT2D eigenvalue weighted by molar-refractivity contribution is 5.88. The second-order valence-electron chi connectivity index (χ2n) is 9.82. The van der Waals surface area contributed by atoms with Gasteiger partial charge in [0.15, 0.2) is 6.10 Å². The standard InChI is InChI=1S/C30H31NO6/c1-19-12-13-22-17-31(29(33)28(21-10-6-3-7-11-21)37-24-14-23(32)15-24)26(30(34)35)16-25(22)27(19)36-18-20-8-4-2-5-9-20/h2-13,23-24,26,28,32H,14-18H2,1H3,(H,34,35)/t23?,24?,26-,28-/m0/s1. The zero-order valence-corrected chi connectivity index (χ0v) is 20.7. The number of benzene rings is 3. The van der Waals surface area contributed by atoms with Crippen LogP contribution >= 0.6 is 0 Å². The number of carbonyl (C=O) groups is 2. The largest absolute Gasteiger partial charge is 0.488 e. The molecule has 7 heteroatoms. The predicted molar refractivity (Wildman–Crippen MR) is 137 cm³/mol. The quantitative estimate of drug-likeness (QED) is 0.481. The molecule has 5 rings (SSSR count). The molecule has 1 amide bonds. The molecule has 0 aromatic heterocycles. The van der Waals surface area contributed by atoms with Crippen LogP contribution in [0.1, 0.15) is 46.8 Å². The summed E-state index contributed by atoms with van der Waals surface area (Å²) in [4.78, 5) is 27.7. The number of aryl methyl sites for hydroxylation is 1. The Kier molecular flexibility index (Phi) is 7.26. The molecular weight excluding hydrogens is 470 g/mol. The average molecular weight is 502 g/mol. The minimum atomic E-state index is -1.07. The molecule has 1 aliphatic heterocycles. The van der Waals surface area contributed by atoms with Crippen molar-refractivity contribution in [1.29, 1.82) is 0 Å². The van der Waals surface area contributed by atoms with Crippen LogP contribution in [0.3, 0.4) is 0 Å². The van der Waals surface area contributed by atoms with Gasteiger partial charge in [-0.2, -0.15) is 0 Å². The van der Waals surface area contributed by atoms with Crippen LogP contribution in [0, 0.1) is 6.92 Å². The van der Waals surface area contributed by atoms with E-state index in [2.05, 4.69) is 0 Å². The van der Waals surface area contributed by atoms with Crippen molar-refractivity contribution in [2.45, 2.75) is 63.7 Å². The molecule has 2 atom stereocenters. The van der Waals surface area contributed by atoms with Crippen molar-refractivity contribution in [3.05, 3.63) is 101 Å². The second kappa shape index (κ2) is 10.7. The number of carboxylic acids is 1. The van der Waals surface area contributed by atoms with Gasteiger partial charge in [-0.3, -0.25) is 4.79 Å². The van der Waals surface area contributed by atoms with E-state index in [9.17, 15) is 19.8 Å². The van der Waals surface area contributed by atoms with Gasteiger partial charge < -0.3 is 24.6 Å². The molecule has 2 N–H and O–H groups in total. The molecule has 0 saturated heterocycles. The minimum Gasteiger partial charge on any atom is -0.488 e. The highest BCUT2D eigenvalue weighted by Gasteiger charge is 2.41. The zero-order valence-electron chi connectivity index (χ0n) is 20.7. The van der Waals surface area contributed by atoms with Gasteiger partial charge in [0.25, 0.3) is 5.91 Å². The van der Waals surface area contributed by atoms with Gasteiger partial charge in [0.05, 0.1) is 12.2 Å². The van der Waals surface area contributed by atoms with Crippen LogP contribution in [0.2, 0.25) is 0 Å². The fraction of sp³-hybridized carbons (Fsp3) is 0.333. The topological polar surface area (TPSA) is 96.3 Å². The molecule has 1 heterocycles. The first kappa shape index (κ1) is 25.0. The highest BCUT2D eigenvalue weighted by Crippen LogP contribution is 2.37. The van der Waals surface area contributed by atoms with Gasteiger partial charge in [0.2, 0.25) is 0 Å². The van der Waals surface area contributed by atoms with Crippen molar-refractivity contribution in [1.82, 2.24) is 4.90 Å². The number of hydrogen-bond donors (Lipinski definition) is 2. The average Bonchev–Trinajstić information content (AvgIpc) is 2.90. The van der Waals surface area contributed by atoms with Crippen LogP contribution in [0.5, 0.6) is 5.75 Å². The molecule has 7 nitrogen and oxygen atoms in total. The summed E-state index contributed by atoms with van der Waals surface area (Å²) in [6, 6.07) is 21.8. The lowest BCUT2D eigenvalue weighted by atomic mass is 9.90. The maximum Gasteiger partial charge on any atom is 0.326 e. The van der Waals surface area contributed by atoms with Crippen molar-refractivity contribution in [3.63, 3.8) is 0 Å². The predicted octanol–water partition coefficient (Wildman–Crippen LogP) is 4.19. The highest BCUT2D eigenvalue weighted by atomic mass is 16.5. The van der Waals surface area contributed by atoms with Crippen LogP contribution in [-0.4, -0.2) is 45.2 Å². The lowest BCUT2D eigenvalue weighted by molar-refractivity contribution is -0.167. The second-order valence-corrected chi connectivity index (χ2v) is 9.82. The Morgan fingerprint density at radius 1 is 1.00 bits per heavy atom. The summed E-state index contributed by atoms with van der Waals surface area (Å²) in [5, 5.41) is 19.9. The van der Waals surface area contributed by atoms with E-state index in [1.165, 1.54) is 4.90 Å². The van der Waals surface area contributed by atoms with E-state index < -0.39 is 30.1 Å². The van der Waals surface area contributed by atoms with Crippen LogP contribution < -0.4 is 4.74 Å². The van der Waals surface area contributed by atoms with Gasteiger partial charge in [-0.15, -0.1) is 0 Å². The van der Waals surface area contributed by atoms with Crippen molar-refractivity contribution < 1.29 is 29.3 Å². The number of ether oxygens (including phenoxy) is 2. The number of aliphatic carboxylic acids is 1. The molecule has 1 aliphatic carbocycles. The Bertz CT molecular complexity index is 1260. The summed E-state index contributed by atoms with van der Waals surface area (Å²) in [6.45, 7) is 2.46. The molecular formula is C30H31NO6. The molecule has 3 aromatic rings. The van der Waals surface area contributed by atoms with E-state index in [4.69, 9.17) is 9.47 Å². The normalized spacial score (nSPS) is 21.5. The van der Waals surface area contributed by atoms with E-state index in [-0.39, 0.29) is 19.1 Å². The summed E-state index contributed by atoms with van der Waals surface area (Å²) < 4.78 is 12.3. The Balaban J connectivity index is 1.43. The third kappa shape index (κ3) is 5.38. The Hall–Kier alpha value is -3.68. The monoisotopic (exact) mass is 501 g/mol. The maximum absolute atomic E-state index is 13.9. The van der Waals surface area contributed by atoms with Gasteiger partial charge >= 0.3 is 5.97 Å². The van der Waals surface area contributed by atoms with Crippen molar-refractivity contribution in [2.75, 3.05) is 0 Å². The third-order valence-electron chi connectivity index (χ3n) is 7.19. The molecule has 2 aliphatic rings. The van der Waals surface area contributed by atoms with E-state index in [1.807, 2.05) is 79.7 Å². The van der Waals surface area contributed by atoms with Crippen molar-refractivity contribution in [2.24, 2.45) is 0 Å². The number of aliphatic hydroxyl groups excluding tert-OH is 1. The summed E-state index contributed by atoms with van der Waals surface area (Å²) in [5.74, 6) is -0.780. The third-order valence-corrected chi connectivity index (χ3v) is 7.19. The van der Waals surface area contributed by atoms with Gasteiger partial charge in [-0.05, 0) is 42.0 Å². The Morgan fingerprint density at radius 3 is 2.32 bits per heavy atom. The number of rotatable bonds is 8. The van der Waals surface area contributed by atoms with Gasteiger partial charge in [0.1, 0.15) is 18.4 Å². The number of amides is 1.